The van der Waals surface area contributed by atoms with Crippen LogP contribution in [0.15, 0.2) is 52.3 Å². The van der Waals surface area contributed by atoms with Crippen molar-refractivity contribution in [1.82, 2.24) is 9.88 Å². The van der Waals surface area contributed by atoms with Gasteiger partial charge in [0, 0.05) is 16.5 Å². The van der Waals surface area contributed by atoms with Gasteiger partial charge in [0.05, 0.1) is 17.6 Å². The van der Waals surface area contributed by atoms with Gasteiger partial charge in [-0.05, 0) is 48.9 Å². The van der Waals surface area contributed by atoms with Crippen LogP contribution in [0.3, 0.4) is 0 Å². The normalized spacial score (nSPS) is 19.6. The molecule has 0 saturated carbocycles. The molecule has 12 nitrogen and oxygen atoms in total. The topological polar surface area (TPSA) is 175 Å². The fourth-order valence-corrected chi connectivity index (χ4v) is 7.25. The number of imide groups is 1. The standard InChI is InChI=1S/C26H23N3O9S2/c1-2-37-16-9-12(3-8-15(16)38-11-17(31)27-13-4-6-14(30)7-5-13)19-20-22(39-23-21(19)40-26(36)28-23)25(35)29(24(20)34)10-18(32)33/h3-9,19-20,22,30H,2,10-11H2,1H3,(H,27,31)(H,28,36)(H,32,33)/t19-,20?,22?/m0/s1. The van der Waals surface area contributed by atoms with Crippen LogP contribution in [-0.4, -0.2) is 68.8 Å². The number of hydrogen-bond acceptors (Lipinski definition) is 10. The number of phenols is 1. The number of carbonyl (C=O) groups excluding carboxylic acids is 3. The van der Waals surface area contributed by atoms with Crippen LogP contribution < -0.4 is 19.7 Å². The van der Waals surface area contributed by atoms with Gasteiger partial charge in [-0.1, -0.05) is 29.2 Å². The Hall–Kier alpha value is -4.30. The highest BCUT2D eigenvalue weighted by atomic mass is 32.2. The molecule has 40 heavy (non-hydrogen) atoms. The number of amides is 3. The Bertz CT molecular complexity index is 1550. The number of aromatic amines is 1. The monoisotopic (exact) mass is 585 g/mol. The van der Waals surface area contributed by atoms with Crippen LogP contribution in [0.2, 0.25) is 0 Å². The zero-order valence-corrected chi connectivity index (χ0v) is 22.5. The molecule has 3 heterocycles. The first-order chi connectivity index (χ1) is 19.2. The summed E-state index contributed by atoms with van der Waals surface area (Å²) in [5, 5.41) is 20.8. The predicted molar refractivity (Wildman–Crippen MR) is 144 cm³/mol. The Morgan fingerprint density at radius 1 is 1.05 bits per heavy atom. The molecule has 4 N–H and O–H groups in total. The highest BCUT2D eigenvalue weighted by Crippen LogP contribution is 2.53. The van der Waals surface area contributed by atoms with E-state index >= 15 is 0 Å². The Kier molecular flexibility index (Phi) is 7.54. The number of H-pyrrole nitrogens is 1. The molecule has 2 unspecified atom stereocenters. The average Bonchev–Trinajstić information content (AvgIpc) is 3.39. The smallest absolute Gasteiger partial charge is 0.323 e. The van der Waals surface area contributed by atoms with Crippen LogP contribution in [0.1, 0.15) is 23.3 Å². The molecule has 208 valence electrons. The van der Waals surface area contributed by atoms with Gasteiger partial charge < -0.3 is 30.0 Å². The number of carbonyl (C=O) groups is 4. The summed E-state index contributed by atoms with van der Waals surface area (Å²) in [7, 11) is 0. The van der Waals surface area contributed by atoms with Gasteiger partial charge in [-0.15, -0.1) is 0 Å². The van der Waals surface area contributed by atoms with Crippen molar-refractivity contribution in [2.75, 3.05) is 25.1 Å². The van der Waals surface area contributed by atoms with Crippen LogP contribution in [-0.2, 0) is 19.2 Å². The van der Waals surface area contributed by atoms with Gasteiger partial charge >= 0.3 is 10.8 Å². The zero-order chi connectivity index (χ0) is 28.6. The lowest BCUT2D eigenvalue weighted by molar-refractivity contribution is -0.149. The van der Waals surface area contributed by atoms with E-state index in [9.17, 15) is 34.2 Å². The van der Waals surface area contributed by atoms with E-state index in [2.05, 4.69) is 10.3 Å². The van der Waals surface area contributed by atoms with Gasteiger partial charge in [-0.25, -0.2) is 0 Å². The van der Waals surface area contributed by atoms with Crippen molar-refractivity contribution in [2.45, 2.75) is 23.1 Å². The number of carboxylic acid groups (broad SMARTS) is 1. The highest BCUT2D eigenvalue weighted by Gasteiger charge is 2.56. The number of likely N-dealkylation sites (tertiary alicyclic amines) is 1. The van der Waals surface area contributed by atoms with E-state index in [1.54, 1.807) is 37.3 Å². The number of thioether (sulfide) groups is 1. The number of aromatic hydroxyl groups is 1. The molecule has 3 aromatic rings. The molecular formula is C26H23N3O9S2. The van der Waals surface area contributed by atoms with Crippen molar-refractivity contribution in [3.8, 4) is 17.2 Å². The molecule has 3 atom stereocenters. The van der Waals surface area contributed by atoms with E-state index in [0.29, 0.717) is 21.2 Å². The first-order valence-electron chi connectivity index (χ1n) is 12.1. The molecular weight excluding hydrogens is 562 g/mol. The molecule has 2 aliphatic rings. The number of rotatable bonds is 9. The molecule has 1 saturated heterocycles. The van der Waals surface area contributed by atoms with E-state index in [1.807, 2.05) is 0 Å². The zero-order valence-electron chi connectivity index (χ0n) is 20.9. The lowest BCUT2D eigenvalue weighted by Gasteiger charge is -2.30. The molecule has 5 rings (SSSR count). The minimum Gasteiger partial charge on any atom is -0.508 e. The average molecular weight is 586 g/mol. The maximum absolute atomic E-state index is 13.3. The summed E-state index contributed by atoms with van der Waals surface area (Å²) in [6.45, 7) is 0.940. The maximum atomic E-state index is 13.3. The van der Waals surface area contributed by atoms with Crippen LogP contribution in [0.5, 0.6) is 17.2 Å². The fourth-order valence-electron chi connectivity index (χ4n) is 4.72. The third-order valence-electron chi connectivity index (χ3n) is 6.35. The van der Waals surface area contributed by atoms with Crippen LogP contribution in [0.25, 0.3) is 0 Å². The number of thiazole rings is 1. The number of ether oxygens (including phenoxy) is 2. The summed E-state index contributed by atoms with van der Waals surface area (Å²) in [5.74, 6) is -4.01. The second-order valence-corrected chi connectivity index (χ2v) is 11.1. The fraction of sp³-hybridized carbons (Fsp3) is 0.269. The summed E-state index contributed by atoms with van der Waals surface area (Å²) in [4.78, 5) is 66.1. The van der Waals surface area contributed by atoms with E-state index in [0.717, 1.165) is 28.0 Å². The second kappa shape index (κ2) is 11.1. The summed E-state index contributed by atoms with van der Waals surface area (Å²) < 4.78 is 11.5. The summed E-state index contributed by atoms with van der Waals surface area (Å²) in [6.07, 6.45) is 0. The quantitative estimate of drug-likeness (QED) is 0.215. The van der Waals surface area contributed by atoms with E-state index in [-0.39, 0.29) is 35.3 Å². The molecule has 0 bridgehead atoms. The third kappa shape index (κ3) is 5.27. The number of benzene rings is 2. The van der Waals surface area contributed by atoms with Crippen molar-refractivity contribution in [1.29, 1.82) is 0 Å². The first kappa shape index (κ1) is 27.3. The van der Waals surface area contributed by atoms with Crippen molar-refractivity contribution in [3.05, 3.63) is 62.6 Å². The van der Waals surface area contributed by atoms with Crippen molar-refractivity contribution < 1.29 is 38.9 Å². The number of nitrogens with one attached hydrogen (secondary N) is 2. The van der Waals surface area contributed by atoms with Gasteiger partial charge in [0.15, 0.2) is 18.1 Å². The molecule has 3 amide bonds. The Morgan fingerprint density at radius 3 is 2.50 bits per heavy atom. The molecule has 1 fully saturated rings. The van der Waals surface area contributed by atoms with Crippen molar-refractivity contribution in [2.24, 2.45) is 5.92 Å². The highest BCUT2D eigenvalue weighted by molar-refractivity contribution is 8.00. The lowest BCUT2D eigenvalue weighted by atomic mass is 9.83. The van der Waals surface area contributed by atoms with Gasteiger partial charge in [0.1, 0.15) is 17.5 Å². The van der Waals surface area contributed by atoms with Crippen LogP contribution >= 0.6 is 23.1 Å². The number of phenolic OH excluding ortho intramolecular Hbond substituents is 1. The van der Waals surface area contributed by atoms with Crippen molar-refractivity contribution in [3.63, 3.8) is 0 Å². The molecule has 2 aromatic carbocycles. The Labute approximate surface area is 234 Å². The first-order valence-corrected chi connectivity index (χ1v) is 13.8. The number of aromatic nitrogens is 1. The summed E-state index contributed by atoms with van der Waals surface area (Å²) >= 11 is 1.98. The van der Waals surface area contributed by atoms with Crippen LogP contribution in [0, 0.1) is 5.92 Å². The molecule has 0 spiro atoms. The molecule has 2 aliphatic heterocycles. The minimum atomic E-state index is -1.31. The van der Waals surface area contributed by atoms with Gasteiger partial charge in [-0.2, -0.15) is 0 Å². The maximum Gasteiger partial charge on any atom is 0.323 e. The molecule has 0 radical (unpaired) electrons. The van der Waals surface area contributed by atoms with E-state index in [1.165, 1.54) is 12.1 Å². The molecule has 14 heteroatoms. The SMILES string of the molecule is CCOc1cc([C@@H]2c3sc(=O)[nH]c3SC3C(=O)N(CC(=O)O)C(=O)C32)ccc1OCC(=O)Nc1ccc(O)cc1. The molecule has 1 aromatic heterocycles. The van der Waals surface area contributed by atoms with E-state index < -0.39 is 47.3 Å². The minimum absolute atomic E-state index is 0.0656. The Morgan fingerprint density at radius 2 is 1.80 bits per heavy atom. The van der Waals surface area contributed by atoms with Gasteiger partial charge in [0.2, 0.25) is 11.8 Å². The summed E-state index contributed by atoms with van der Waals surface area (Å²) in [5.41, 5.74) is 1.04. The largest absolute Gasteiger partial charge is 0.508 e. The second-order valence-electron chi connectivity index (χ2n) is 8.93. The lowest BCUT2D eigenvalue weighted by Crippen LogP contribution is -2.36. The summed E-state index contributed by atoms with van der Waals surface area (Å²) in [6, 6.07) is 10.8. The Balaban J connectivity index is 1.43. The molecule has 0 aliphatic carbocycles. The third-order valence-corrected chi connectivity index (χ3v) is 8.75. The predicted octanol–water partition coefficient (Wildman–Crippen LogP) is 2.23. The number of anilines is 1. The number of nitrogens with zero attached hydrogens (tertiary/aromatic N) is 1. The number of hydrogen-bond donors (Lipinski definition) is 4. The van der Waals surface area contributed by atoms with Gasteiger partial charge in [0.25, 0.3) is 5.91 Å². The van der Waals surface area contributed by atoms with Crippen LogP contribution in [0.4, 0.5) is 5.69 Å². The number of fused-ring (bicyclic) bond motifs is 2. The van der Waals surface area contributed by atoms with Gasteiger partial charge in [-0.3, -0.25) is 28.9 Å². The number of aliphatic carboxylic acids is 1. The van der Waals surface area contributed by atoms with Crippen molar-refractivity contribution >= 4 is 52.5 Å². The number of carboxylic acids is 1. The van der Waals surface area contributed by atoms with E-state index in [4.69, 9.17) is 9.47 Å².